The summed E-state index contributed by atoms with van der Waals surface area (Å²) < 4.78 is 42.9. The minimum absolute atomic E-state index is 0.0379. The lowest BCUT2D eigenvalue weighted by atomic mass is 10.0. The molecule has 0 saturated carbocycles. The van der Waals surface area contributed by atoms with E-state index in [4.69, 9.17) is 10.5 Å². The summed E-state index contributed by atoms with van der Waals surface area (Å²) in [4.78, 5) is 26.7. The van der Waals surface area contributed by atoms with Crippen LogP contribution in [0.3, 0.4) is 0 Å². The minimum atomic E-state index is -4.51. The van der Waals surface area contributed by atoms with Crippen LogP contribution in [0.1, 0.15) is 23.8 Å². The van der Waals surface area contributed by atoms with Crippen LogP contribution in [0.25, 0.3) is 0 Å². The summed E-state index contributed by atoms with van der Waals surface area (Å²) in [6.45, 7) is 1.38. The number of amides is 2. The Bertz CT molecular complexity index is 591. The van der Waals surface area contributed by atoms with Crippen LogP contribution in [-0.2, 0) is 9.53 Å². The van der Waals surface area contributed by atoms with Gasteiger partial charge in [-0.05, 0) is 24.5 Å². The standard InChI is InChI=1S/C13H14F3N3O3/c1-6-4-9(22-10(6)13(14,15)16)12(21)19-7-2-3-18-8(5-7)11(17)20/h2-3,5-6,9-10H,4H2,1H3,(H2,17,20)(H,18,19,21). The van der Waals surface area contributed by atoms with Crippen LogP contribution < -0.4 is 11.1 Å². The monoisotopic (exact) mass is 317 g/mol. The number of carbonyl (C=O) groups excluding carboxylic acids is 2. The van der Waals surface area contributed by atoms with E-state index in [-0.39, 0.29) is 17.8 Å². The van der Waals surface area contributed by atoms with E-state index in [9.17, 15) is 22.8 Å². The summed E-state index contributed by atoms with van der Waals surface area (Å²) in [5.41, 5.74) is 5.20. The second kappa shape index (κ2) is 5.91. The molecule has 3 N–H and O–H groups in total. The smallest absolute Gasteiger partial charge is 0.364 e. The van der Waals surface area contributed by atoms with E-state index in [2.05, 4.69) is 10.3 Å². The molecule has 1 fully saturated rings. The molecule has 2 heterocycles. The third-order valence-corrected chi connectivity index (χ3v) is 3.31. The SMILES string of the molecule is CC1CC(C(=O)Nc2ccnc(C(N)=O)c2)OC1C(F)(F)F. The Morgan fingerprint density at radius 2 is 2.14 bits per heavy atom. The summed E-state index contributed by atoms with van der Waals surface area (Å²) >= 11 is 0. The summed E-state index contributed by atoms with van der Waals surface area (Å²) in [6.07, 6.45) is -6.45. The highest BCUT2D eigenvalue weighted by molar-refractivity contribution is 5.96. The number of primary amides is 1. The summed E-state index contributed by atoms with van der Waals surface area (Å²) in [7, 11) is 0. The van der Waals surface area contributed by atoms with Crippen LogP contribution in [0.4, 0.5) is 18.9 Å². The van der Waals surface area contributed by atoms with Gasteiger partial charge < -0.3 is 15.8 Å². The largest absolute Gasteiger partial charge is 0.414 e. The predicted molar refractivity (Wildman–Crippen MR) is 69.9 cm³/mol. The van der Waals surface area contributed by atoms with Gasteiger partial charge in [-0.25, -0.2) is 0 Å². The maximum atomic E-state index is 12.7. The van der Waals surface area contributed by atoms with Crippen molar-refractivity contribution in [3.05, 3.63) is 24.0 Å². The molecule has 2 rings (SSSR count). The Hall–Kier alpha value is -2.16. The van der Waals surface area contributed by atoms with Crippen LogP contribution in [-0.4, -0.2) is 35.2 Å². The van der Waals surface area contributed by atoms with Crippen molar-refractivity contribution in [2.24, 2.45) is 11.7 Å². The van der Waals surface area contributed by atoms with Gasteiger partial charge in [-0.1, -0.05) is 6.92 Å². The van der Waals surface area contributed by atoms with Gasteiger partial charge in [0.05, 0.1) is 0 Å². The molecule has 6 nitrogen and oxygen atoms in total. The van der Waals surface area contributed by atoms with E-state index >= 15 is 0 Å². The van der Waals surface area contributed by atoms with E-state index in [0.717, 1.165) is 0 Å². The molecule has 0 radical (unpaired) electrons. The number of rotatable bonds is 3. The fourth-order valence-corrected chi connectivity index (χ4v) is 2.26. The van der Waals surface area contributed by atoms with Crippen LogP contribution in [0.15, 0.2) is 18.3 Å². The second-order valence-corrected chi connectivity index (χ2v) is 5.08. The van der Waals surface area contributed by atoms with Gasteiger partial charge in [0.1, 0.15) is 11.8 Å². The number of pyridine rings is 1. The zero-order valence-corrected chi connectivity index (χ0v) is 11.6. The molecular weight excluding hydrogens is 303 g/mol. The molecule has 0 aromatic carbocycles. The van der Waals surface area contributed by atoms with E-state index < -0.39 is 36.1 Å². The van der Waals surface area contributed by atoms with Crippen molar-refractivity contribution in [2.45, 2.75) is 31.7 Å². The fourth-order valence-electron chi connectivity index (χ4n) is 2.26. The van der Waals surface area contributed by atoms with E-state index in [0.29, 0.717) is 0 Å². The molecular formula is C13H14F3N3O3. The molecule has 1 aromatic heterocycles. The molecule has 1 saturated heterocycles. The number of nitrogens with one attached hydrogen (secondary N) is 1. The van der Waals surface area contributed by atoms with Crippen LogP contribution in [0.2, 0.25) is 0 Å². The highest BCUT2D eigenvalue weighted by Gasteiger charge is 2.51. The molecule has 3 atom stereocenters. The number of ether oxygens (including phenoxy) is 1. The quantitative estimate of drug-likeness (QED) is 0.883. The van der Waals surface area contributed by atoms with Gasteiger partial charge in [-0.2, -0.15) is 13.2 Å². The lowest BCUT2D eigenvalue weighted by molar-refractivity contribution is -0.221. The normalized spacial score (nSPS) is 25.0. The number of nitrogens with zero attached hydrogens (tertiary/aromatic N) is 1. The van der Waals surface area contributed by atoms with Crippen molar-refractivity contribution in [3.63, 3.8) is 0 Å². The highest BCUT2D eigenvalue weighted by Crippen LogP contribution is 2.37. The van der Waals surface area contributed by atoms with Gasteiger partial charge in [0.25, 0.3) is 11.8 Å². The number of hydrogen-bond acceptors (Lipinski definition) is 4. The first-order valence-electron chi connectivity index (χ1n) is 6.47. The average Bonchev–Trinajstić information content (AvgIpc) is 2.81. The predicted octanol–water partition coefficient (Wildman–Crippen LogP) is 1.47. The molecule has 9 heteroatoms. The Labute approximate surface area is 123 Å². The van der Waals surface area contributed by atoms with Gasteiger partial charge >= 0.3 is 6.18 Å². The Balaban J connectivity index is 2.05. The number of halogens is 3. The fraction of sp³-hybridized carbons (Fsp3) is 0.462. The number of hydrogen-bond donors (Lipinski definition) is 2. The van der Waals surface area contributed by atoms with Crippen molar-refractivity contribution < 1.29 is 27.5 Å². The minimum Gasteiger partial charge on any atom is -0.364 e. The van der Waals surface area contributed by atoms with E-state index in [1.54, 1.807) is 0 Å². The summed E-state index contributed by atoms with van der Waals surface area (Å²) in [5.74, 6) is -2.30. The van der Waals surface area contributed by atoms with Crippen LogP contribution in [0, 0.1) is 5.92 Å². The van der Waals surface area contributed by atoms with Gasteiger partial charge in [0.15, 0.2) is 6.10 Å². The maximum absolute atomic E-state index is 12.7. The maximum Gasteiger partial charge on any atom is 0.414 e. The molecule has 22 heavy (non-hydrogen) atoms. The lowest BCUT2D eigenvalue weighted by Gasteiger charge is -2.18. The third kappa shape index (κ3) is 3.53. The first kappa shape index (κ1) is 16.2. The first-order chi connectivity index (χ1) is 10.2. The Morgan fingerprint density at radius 1 is 1.45 bits per heavy atom. The molecule has 120 valence electrons. The number of alkyl halides is 3. The van der Waals surface area contributed by atoms with Gasteiger partial charge in [-0.3, -0.25) is 14.6 Å². The number of anilines is 1. The molecule has 3 unspecified atom stereocenters. The highest BCUT2D eigenvalue weighted by atomic mass is 19.4. The van der Waals surface area contributed by atoms with E-state index in [1.165, 1.54) is 25.3 Å². The summed E-state index contributed by atoms with van der Waals surface area (Å²) in [5, 5.41) is 2.39. The van der Waals surface area contributed by atoms with Gasteiger partial charge in [-0.15, -0.1) is 0 Å². The van der Waals surface area contributed by atoms with Crippen molar-refractivity contribution >= 4 is 17.5 Å². The zero-order valence-electron chi connectivity index (χ0n) is 11.6. The van der Waals surface area contributed by atoms with Crippen molar-refractivity contribution in [3.8, 4) is 0 Å². The van der Waals surface area contributed by atoms with Crippen LogP contribution in [0.5, 0.6) is 0 Å². The molecule has 0 bridgehead atoms. The molecule has 0 spiro atoms. The molecule has 1 aliphatic heterocycles. The second-order valence-electron chi connectivity index (χ2n) is 5.08. The van der Waals surface area contributed by atoms with Crippen molar-refractivity contribution in [1.82, 2.24) is 4.98 Å². The topological polar surface area (TPSA) is 94.3 Å². The summed E-state index contributed by atoms with van der Waals surface area (Å²) in [6, 6.07) is 2.63. The first-order valence-corrected chi connectivity index (χ1v) is 6.47. The molecule has 0 aliphatic carbocycles. The Morgan fingerprint density at radius 3 is 2.68 bits per heavy atom. The Kier molecular flexibility index (Phi) is 4.36. The lowest BCUT2D eigenvalue weighted by Crippen LogP contribution is -2.35. The number of nitrogens with two attached hydrogens (primary N) is 1. The number of aromatic nitrogens is 1. The third-order valence-electron chi connectivity index (χ3n) is 3.31. The van der Waals surface area contributed by atoms with Crippen molar-refractivity contribution in [1.29, 1.82) is 0 Å². The molecule has 1 aliphatic rings. The molecule has 2 amide bonds. The van der Waals surface area contributed by atoms with E-state index in [1.807, 2.05) is 0 Å². The van der Waals surface area contributed by atoms with Gasteiger partial charge in [0, 0.05) is 11.9 Å². The van der Waals surface area contributed by atoms with Gasteiger partial charge in [0.2, 0.25) is 0 Å². The van der Waals surface area contributed by atoms with Crippen molar-refractivity contribution in [2.75, 3.05) is 5.32 Å². The number of carbonyl (C=O) groups is 2. The average molecular weight is 317 g/mol. The zero-order chi connectivity index (χ0) is 16.5. The molecule has 1 aromatic rings. The van der Waals surface area contributed by atoms with Crippen LogP contribution >= 0.6 is 0 Å².